The molecule has 104 valence electrons. The van der Waals surface area contributed by atoms with Gasteiger partial charge in [-0.2, -0.15) is 13.2 Å². The normalized spacial score (nSPS) is 11.2. The molecule has 0 fully saturated rings. The number of rotatable bonds is 3. The molecule has 0 aliphatic rings. The largest absolute Gasteiger partial charge is 0.462 e. The highest BCUT2D eigenvalue weighted by atomic mass is 19.4. The lowest BCUT2D eigenvalue weighted by atomic mass is 10.0. The number of halogens is 3. The molecular formula is C11H10F3NO4. The molecule has 0 aliphatic heterocycles. The molecule has 0 aliphatic carbocycles. The quantitative estimate of drug-likeness (QED) is 0.483. The summed E-state index contributed by atoms with van der Waals surface area (Å²) >= 11 is 0. The summed E-state index contributed by atoms with van der Waals surface area (Å²) in [5.74, 6) is -1.03. The Kier molecular flexibility index (Phi) is 4.13. The van der Waals surface area contributed by atoms with E-state index >= 15 is 0 Å². The van der Waals surface area contributed by atoms with Crippen molar-refractivity contribution in [1.82, 2.24) is 0 Å². The van der Waals surface area contributed by atoms with Crippen LogP contribution in [0.15, 0.2) is 12.1 Å². The number of hydrogen-bond acceptors (Lipinski definition) is 4. The van der Waals surface area contributed by atoms with E-state index in [2.05, 4.69) is 4.74 Å². The highest BCUT2D eigenvalue weighted by Crippen LogP contribution is 2.36. The van der Waals surface area contributed by atoms with E-state index in [9.17, 15) is 28.1 Å². The van der Waals surface area contributed by atoms with Crippen molar-refractivity contribution in [2.45, 2.75) is 20.0 Å². The van der Waals surface area contributed by atoms with Gasteiger partial charge in [-0.3, -0.25) is 10.1 Å². The molecule has 0 heterocycles. The Bertz CT molecular complexity index is 525. The molecule has 0 N–H and O–H groups in total. The topological polar surface area (TPSA) is 69.4 Å². The maximum absolute atomic E-state index is 12.7. The summed E-state index contributed by atoms with van der Waals surface area (Å²) in [6.45, 7) is 2.42. The maximum atomic E-state index is 12.7. The number of ether oxygens (including phenoxy) is 1. The zero-order valence-corrected chi connectivity index (χ0v) is 10.1. The van der Waals surface area contributed by atoms with Crippen molar-refractivity contribution in [1.29, 1.82) is 0 Å². The number of alkyl halides is 3. The van der Waals surface area contributed by atoms with Crippen molar-refractivity contribution < 1.29 is 27.6 Å². The predicted molar refractivity (Wildman–Crippen MR) is 58.8 cm³/mol. The van der Waals surface area contributed by atoms with Crippen LogP contribution in [0.4, 0.5) is 18.9 Å². The summed E-state index contributed by atoms with van der Waals surface area (Å²) in [5, 5.41) is 10.7. The average molecular weight is 277 g/mol. The van der Waals surface area contributed by atoms with Crippen LogP contribution in [0.1, 0.15) is 28.4 Å². The Labute approximate surface area is 106 Å². The first-order chi connectivity index (χ1) is 8.68. The third kappa shape index (κ3) is 3.21. The third-order valence-electron chi connectivity index (χ3n) is 2.39. The molecule has 0 bridgehead atoms. The molecule has 0 unspecified atom stereocenters. The van der Waals surface area contributed by atoms with Crippen LogP contribution in [0, 0.1) is 17.0 Å². The summed E-state index contributed by atoms with van der Waals surface area (Å²) in [6, 6.07) is 1.34. The van der Waals surface area contributed by atoms with E-state index in [4.69, 9.17) is 0 Å². The second-order valence-corrected chi connectivity index (χ2v) is 3.64. The van der Waals surface area contributed by atoms with Crippen molar-refractivity contribution in [2.75, 3.05) is 6.61 Å². The van der Waals surface area contributed by atoms with Crippen molar-refractivity contribution in [2.24, 2.45) is 0 Å². The zero-order valence-electron chi connectivity index (χ0n) is 10.1. The number of nitrogens with zero attached hydrogens (tertiary/aromatic N) is 1. The minimum Gasteiger partial charge on any atom is -0.462 e. The number of esters is 1. The molecule has 0 amide bonds. The van der Waals surface area contributed by atoms with E-state index in [1.807, 2.05) is 0 Å². The fourth-order valence-electron chi connectivity index (χ4n) is 1.52. The Hall–Kier alpha value is -2.12. The minimum absolute atomic E-state index is 0.0398. The maximum Gasteiger partial charge on any atom is 0.416 e. The molecule has 0 radical (unpaired) electrons. The molecule has 0 spiro atoms. The number of benzene rings is 1. The highest BCUT2D eigenvalue weighted by Gasteiger charge is 2.36. The lowest BCUT2D eigenvalue weighted by Crippen LogP contribution is -2.13. The van der Waals surface area contributed by atoms with Gasteiger partial charge in [0.15, 0.2) is 0 Å². The van der Waals surface area contributed by atoms with Crippen LogP contribution in [0.25, 0.3) is 0 Å². The monoisotopic (exact) mass is 277 g/mol. The Balaban J connectivity index is 3.48. The van der Waals surface area contributed by atoms with E-state index in [-0.39, 0.29) is 6.61 Å². The van der Waals surface area contributed by atoms with Crippen LogP contribution in [-0.4, -0.2) is 17.5 Å². The number of carbonyl (C=O) groups excluding carboxylic acids is 1. The Morgan fingerprint density at radius 3 is 2.42 bits per heavy atom. The smallest absolute Gasteiger partial charge is 0.416 e. The van der Waals surface area contributed by atoms with Crippen molar-refractivity contribution in [3.63, 3.8) is 0 Å². The van der Waals surface area contributed by atoms with Crippen LogP contribution in [0.3, 0.4) is 0 Å². The molecule has 1 rings (SSSR count). The zero-order chi connectivity index (χ0) is 14.8. The fourth-order valence-corrected chi connectivity index (χ4v) is 1.52. The van der Waals surface area contributed by atoms with Gasteiger partial charge in [0.25, 0.3) is 5.69 Å². The van der Waals surface area contributed by atoms with E-state index in [0.717, 1.165) is 13.0 Å². The van der Waals surface area contributed by atoms with Gasteiger partial charge >= 0.3 is 12.1 Å². The van der Waals surface area contributed by atoms with E-state index < -0.39 is 39.4 Å². The molecule has 19 heavy (non-hydrogen) atoms. The fraction of sp³-hybridized carbons (Fsp3) is 0.364. The first kappa shape index (κ1) is 14.9. The number of hydrogen-bond donors (Lipinski definition) is 0. The SMILES string of the molecule is CCOC(=O)c1cc([N+](=O)[O-])c(C)c(C(F)(F)F)c1. The van der Waals surface area contributed by atoms with E-state index in [1.54, 1.807) is 0 Å². The number of nitro groups is 1. The van der Waals surface area contributed by atoms with E-state index in [0.29, 0.717) is 6.07 Å². The second kappa shape index (κ2) is 5.25. The van der Waals surface area contributed by atoms with E-state index in [1.165, 1.54) is 6.92 Å². The average Bonchev–Trinajstić information content (AvgIpc) is 2.27. The van der Waals surface area contributed by atoms with Gasteiger partial charge in [-0.05, 0) is 19.9 Å². The first-order valence-corrected chi connectivity index (χ1v) is 5.21. The molecule has 1 aromatic rings. The van der Waals surface area contributed by atoms with Gasteiger partial charge in [0.05, 0.1) is 22.7 Å². The Morgan fingerprint density at radius 2 is 2.00 bits per heavy atom. The third-order valence-corrected chi connectivity index (χ3v) is 2.39. The molecule has 8 heteroatoms. The first-order valence-electron chi connectivity index (χ1n) is 5.21. The van der Waals surface area contributed by atoms with Crippen molar-refractivity contribution in [3.05, 3.63) is 38.9 Å². The van der Waals surface area contributed by atoms with Gasteiger partial charge in [0, 0.05) is 11.6 Å². The van der Waals surface area contributed by atoms with Gasteiger partial charge in [-0.25, -0.2) is 4.79 Å². The van der Waals surface area contributed by atoms with Crippen LogP contribution in [0.5, 0.6) is 0 Å². The molecule has 5 nitrogen and oxygen atoms in total. The lowest BCUT2D eigenvalue weighted by molar-refractivity contribution is -0.385. The van der Waals surface area contributed by atoms with Gasteiger partial charge in [-0.1, -0.05) is 0 Å². The summed E-state index contributed by atoms with van der Waals surface area (Å²) < 4.78 is 42.8. The molecule has 0 atom stereocenters. The van der Waals surface area contributed by atoms with Crippen LogP contribution >= 0.6 is 0 Å². The summed E-state index contributed by atoms with van der Waals surface area (Å²) in [5.41, 5.74) is -3.01. The standard InChI is InChI=1S/C11H10F3NO4/c1-3-19-10(16)7-4-8(11(12,13)14)6(2)9(5-7)15(17)18/h4-5H,3H2,1-2H3. The van der Waals surface area contributed by atoms with Crippen LogP contribution in [0.2, 0.25) is 0 Å². The predicted octanol–water partition coefficient (Wildman–Crippen LogP) is 3.10. The highest BCUT2D eigenvalue weighted by molar-refractivity contribution is 5.90. The molecular weight excluding hydrogens is 267 g/mol. The second-order valence-electron chi connectivity index (χ2n) is 3.64. The van der Waals surface area contributed by atoms with Gasteiger partial charge in [-0.15, -0.1) is 0 Å². The molecule has 1 aromatic carbocycles. The summed E-state index contributed by atoms with van der Waals surface area (Å²) in [4.78, 5) is 21.2. The van der Waals surface area contributed by atoms with Crippen molar-refractivity contribution in [3.8, 4) is 0 Å². The van der Waals surface area contributed by atoms with Crippen LogP contribution < -0.4 is 0 Å². The number of carbonyl (C=O) groups is 1. The van der Waals surface area contributed by atoms with Gasteiger partial charge < -0.3 is 4.74 Å². The van der Waals surface area contributed by atoms with Crippen molar-refractivity contribution >= 4 is 11.7 Å². The van der Waals surface area contributed by atoms with Gasteiger partial charge in [0.1, 0.15) is 0 Å². The molecule has 0 aromatic heterocycles. The molecule has 0 saturated carbocycles. The minimum atomic E-state index is -4.78. The lowest BCUT2D eigenvalue weighted by Gasteiger charge is -2.12. The van der Waals surface area contributed by atoms with Crippen LogP contribution in [-0.2, 0) is 10.9 Å². The Morgan fingerprint density at radius 1 is 1.42 bits per heavy atom. The summed E-state index contributed by atoms with van der Waals surface area (Å²) in [7, 11) is 0. The molecule has 0 saturated heterocycles. The number of nitro benzene ring substituents is 1. The summed E-state index contributed by atoms with van der Waals surface area (Å²) in [6.07, 6.45) is -4.78. The van der Waals surface area contributed by atoms with Gasteiger partial charge in [0.2, 0.25) is 0 Å².